The van der Waals surface area contributed by atoms with Crippen LogP contribution in [0.4, 0.5) is 0 Å². The molecule has 7 fully saturated rings. The lowest BCUT2D eigenvalue weighted by molar-refractivity contribution is -0.144. The van der Waals surface area contributed by atoms with Crippen molar-refractivity contribution in [2.45, 2.75) is 128 Å². The zero-order valence-corrected chi connectivity index (χ0v) is 24.7. The van der Waals surface area contributed by atoms with E-state index in [0.29, 0.717) is 41.6 Å². The molecule has 3 nitrogen and oxygen atoms in total. The molecule has 0 saturated heterocycles. The molecule has 0 aromatic carbocycles. The van der Waals surface area contributed by atoms with Crippen LogP contribution in [-0.4, -0.2) is 33.1 Å². The Bertz CT molecular complexity index is 1050. The predicted molar refractivity (Wildman–Crippen MR) is 158 cm³/mol. The lowest BCUT2D eigenvalue weighted by Gasteiger charge is -2.60. The minimum Gasteiger partial charge on any atom is -0.388 e. The van der Waals surface area contributed by atoms with Crippen molar-refractivity contribution < 1.29 is 15.3 Å². The quantitative estimate of drug-likeness (QED) is 0.267. The maximum Gasteiger partial charge on any atom is 0.128 e. The van der Waals surface area contributed by atoms with Crippen LogP contribution >= 0.6 is 0 Å². The second kappa shape index (κ2) is 10.2. The summed E-state index contributed by atoms with van der Waals surface area (Å²) in [6.07, 6.45) is 19.3. The van der Waals surface area contributed by atoms with E-state index < -0.39 is 17.8 Å². The smallest absolute Gasteiger partial charge is 0.128 e. The summed E-state index contributed by atoms with van der Waals surface area (Å²) in [7, 11) is 0. The first-order chi connectivity index (χ1) is 18.5. The Labute approximate surface area is 237 Å². The van der Waals surface area contributed by atoms with E-state index in [4.69, 9.17) is 0 Å². The van der Waals surface area contributed by atoms with E-state index in [-0.39, 0.29) is 5.41 Å². The largest absolute Gasteiger partial charge is 0.388 e. The van der Waals surface area contributed by atoms with Crippen LogP contribution in [0.15, 0.2) is 35.5 Å². The minimum absolute atomic E-state index is 0.0393. The minimum atomic E-state index is -0.855. The van der Waals surface area contributed by atoms with Crippen molar-refractivity contribution in [1.82, 2.24) is 0 Å². The maximum atomic E-state index is 11.7. The summed E-state index contributed by atoms with van der Waals surface area (Å²) in [4.78, 5) is 0. The Balaban J connectivity index is 1.12. The highest BCUT2D eigenvalue weighted by Crippen LogP contribution is 2.64. The molecule has 39 heavy (non-hydrogen) atoms. The molecule has 0 aromatic heterocycles. The van der Waals surface area contributed by atoms with Gasteiger partial charge in [0, 0.05) is 11.8 Å². The van der Waals surface area contributed by atoms with Gasteiger partial charge in [-0.05, 0) is 137 Å². The van der Waals surface area contributed by atoms with Gasteiger partial charge >= 0.3 is 0 Å². The molecule has 214 valence electrons. The molecule has 0 heterocycles. The van der Waals surface area contributed by atoms with E-state index in [9.17, 15) is 15.3 Å². The van der Waals surface area contributed by atoms with Crippen molar-refractivity contribution in [2.75, 3.05) is 0 Å². The normalized spacial score (nSPS) is 46.4. The molecule has 7 aliphatic carbocycles. The standard InChI is InChI=1S/C36H52O3/c1-23(7-5-14-35(4,39)36-20-26-15-27(21-36)17-28(16-26)22-36)30-11-12-31-29(8-6-13-34(30,31)3)10-9-25-18-32(37)24(2)33(38)19-25/h9-10,23,26-28,30-33,37-39H,2,6-8,11-13,15-22H2,1,3-4H3/t23-,26?,27?,28?,30-,31?,32-,33-,34-,35?,36?/m1/s1. The van der Waals surface area contributed by atoms with Crippen molar-refractivity contribution in [3.63, 3.8) is 0 Å². The summed E-state index contributed by atoms with van der Waals surface area (Å²) in [5, 5.41) is 32.2. The van der Waals surface area contributed by atoms with E-state index in [2.05, 4.69) is 44.4 Å². The van der Waals surface area contributed by atoms with Crippen LogP contribution in [0.1, 0.15) is 111 Å². The Hall–Kier alpha value is -1.34. The van der Waals surface area contributed by atoms with Gasteiger partial charge in [0.1, 0.15) is 5.60 Å². The van der Waals surface area contributed by atoms with Gasteiger partial charge in [0.05, 0.1) is 12.2 Å². The first kappa shape index (κ1) is 27.8. The van der Waals surface area contributed by atoms with Gasteiger partial charge in [-0.3, -0.25) is 0 Å². The van der Waals surface area contributed by atoms with Crippen LogP contribution in [-0.2, 0) is 0 Å². The molecule has 7 rings (SSSR count). The van der Waals surface area contributed by atoms with Gasteiger partial charge in [0.25, 0.3) is 0 Å². The number of hydrogen-bond donors (Lipinski definition) is 3. The zero-order chi connectivity index (χ0) is 27.6. The molecule has 0 radical (unpaired) electrons. The second-order valence-corrected chi connectivity index (χ2v) is 15.4. The highest BCUT2D eigenvalue weighted by molar-refractivity contribution is 5.30. The van der Waals surface area contributed by atoms with Gasteiger partial charge in [0.15, 0.2) is 0 Å². The van der Waals surface area contributed by atoms with Crippen LogP contribution in [0.25, 0.3) is 0 Å². The monoisotopic (exact) mass is 532 g/mol. The molecule has 7 saturated carbocycles. The lowest BCUT2D eigenvalue weighted by Crippen LogP contribution is -2.56. The summed E-state index contributed by atoms with van der Waals surface area (Å²) in [6.45, 7) is 10.8. The molecule has 4 bridgehead atoms. The number of allylic oxidation sites excluding steroid dienone is 3. The van der Waals surface area contributed by atoms with Crippen LogP contribution in [0, 0.1) is 58.2 Å². The predicted octanol–water partition coefficient (Wildman–Crippen LogP) is 7.12. The summed E-state index contributed by atoms with van der Waals surface area (Å²) in [6, 6.07) is 0. The Morgan fingerprint density at radius 3 is 2.26 bits per heavy atom. The fraction of sp³-hybridized carbons (Fsp3) is 0.778. The first-order valence-corrected chi connectivity index (χ1v) is 16.2. The van der Waals surface area contributed by atoms with E-state index >= 15 is 0 Å². The maximum absolute atomic E-state index is 11.7. The molecule has 3 heteroatoms. The third-order valence-electron chi connectivity index (χ3n) is 12.9. The third kappa shape index (κ3) is 4.91. The van der Waals surface area contributed by atoms with E-state index in [1.54, 1.807) is 5.57 Å². The third-order valence-corrected chi connectivity index (χ3v) is 12.9. The van der Waals surface area contributed by atoms with Crippen molar-refractivity contribution in [3.05, 3.63) is 35.5 Å². The molecular weight excluding hydrogens is 480 g/mol. The molecular formula is C36H52O3. The first-order valence-electron chi connectivity index (χ1n) is 16.2. The Morgan fingerprint density at radius 1 is 1.03 bits per heavy atom. The van der Waals surface area contributed by atoms with Gasteiger partial charge in [-0.1, -0.05) is 55.6 Å². The van der Waals surface area contributed by atoms with E-state index in [0.717, 1.165) is 36.2 Å². The summed E-state index contributed by atoms with van der Waals surface area (Å²) < 4.78 is 0. The number of fused-ring (bicyclic) bond motifs is 1. The summed E-state index contributed by atoms with van der Waals surface area (Å²) in [5.74, 6) is 11.3. The summed E-state index contributed by atoms with van der Waals surface area (Å²) in [5.41, 5.74) is 2.75. The van der Waals surface area contributed by atoms with Crippen LogP contribution in [0.3, 0.4) is 0 Å². The topological polar surface area (TPSA) is 60.7 Å². The lowest BCUT2D eigenvalue weighted by atomic mass is 9.45. The summed E-state index contributed by atoms with van der Waals surface area (Å²) >= 11 is 0. The Kier molecular flexibility index (Phi) is 7.26. The van der Waals surface area contributed by atoms with Gasteiger partial charge in [-0.25, -0.2) is 0 Å². The molecule has 3 N–H and O–H groups in total. The molecule has 0 amide bonds. The number of hydrogen-bond acceptors (Lipinski definition) is 3. The SMILES string of the molecule is C=C1[C@H](O)CC(=CC=C2CCC[C@@]3(C)C2CC[C@@H]3[C@H](C)CC#CC(C)(O)C23CC4CC(CC(C4)C2)C3)C[C@H]1O. The fourth-order valence-electron chi connectivity index (χ4n) is 11.0. The van der Waals surface area contributed by atoms with Crippen molar-refractivity contribution >= 4 is 0 Å². The van der Waals surface area contributed by atoms with Gasteiger partial charge < -0.3 is 15.3 Å². The highest BCUT2D eigenvalue weighted by Gasteiger charge is 2.58. The van der Waals surface area contributed by atoms with Crippen molar-refractivity contribution in [1.29, 1.82) is 0 Å². The molecule has 7 aliphatic rings. The number of rotatable bonds is 4. The van der Waals surface area contributed by atoms with Crippen molar-refractivity contribution in [2.24, 2.45) is 46.3 Å². The second-order valence-electron chi connectivity index (χ2n) is 15.4. The van der Waals surface area contributed by atoms with Gasteiger partial charge in [0.2, 0.25) is 0 Å². The molecule has 2 unspecified atom stereocenters. The number of aliphatic hydroxyl groups excluding tert-OH is 2. The zero-order valence-electron chi connectivity index (χ0n) is 24.7. The van der Waals surface area contributed by atoms with E-state index in [1.165, 1.54) is 64.2 Å². The van der Waals surface area contributed by atoms with Crippen LogP contribution in [0.2, 0.25) is 0 Å². The number of aliphatic hydroxyl groups is 3. The molecule has 0 aliphatic heterocycles. The van der Waals surface area contributed by atoms with Gasteiger partial charge in [-0.2, -0.15) is 0 Å². The fourth-order valence-corrected chi connectivity index (χ4v) is 11.0. The molecule has 0 spiro atoms. The Morgan fingerprint density at radius 2 is 1.64 bits per heavy atom. The van der Waals surface area contributed by atoms with Crippen LogP contribution in [0.5, 0.6) is 0 Å². The molecule has 7 atom stereocenters. The van der Waals surface area contributed by atoms with Crippen LogP contribution < -0.4 is 0 Å². The van der Waals surface area contributed by atoms with Gasteiger partial charge in [-0.15, -0.1) is 0 Å². The molecule has 0 aromatic rings. The highest BCUT2D eigenvalue weighted by atomic mass is 16.3. The average molecular weight is 533 g/mol. The average Bonchev–Trinajstić information content (AvgIpc) is 3.22. The van der Waals surface area contributed by atoms with Crippen molar-refractivity contribution in [3.8, 4) is 11.8 Å². The van der Waals surface area contributed by atoms with E-state index in [1.807, 2.05) is 6.92 Å².